The Morgan fingerprint density at radius 1 is 1.50 bits per heavy atom. The van der Waals surface area contributed by atoms with Crippen LogP contribution in [0.1, 0.15) is 0 Å². The van der Waals surface area contributed by atoms with E-state index in [0.29, 0.717) is 10.9 Å². The molecule has 1 unspecified atom stereocenters. The summed E-state index contributed by atoms with van der Waals surface area (Å²) in [6.45, 7) is 3.55. The predicted octanol–water partition coefficient (Wildman–Crippen LogP) is 1.05. The fourth-order valence-corrected chi connectivity index (χ4v) is 2.21. The third kappa shape index (κ3) is 2.76. The first-order chi connectivity index (χ1) is 8.58. The molecule has 0 saturated heterocycles. The summed E-state index contributed by atoms with van der Waals surface area (Å²) in [7, 11) is 0. The molecule has 0 saturated carbocycles. The van der Waals surface area contributed by atoms with Crippen molar-refractivity contribution in [3.8, 4) is 5.75 Å². The molecule has 94 valence electrons. The quantitative estimate of drug-likeness (QED) is 0.330. The molecule has 0 aliphatic heterocycles. The summed E-state index contributed by atoms with van der Waals surface area (Å²) >= 11 is 1.37. The van der Waals surface area contributed by atoms with Crippen molar-refractivity contribution in [2.45, 2.75) is 6.23 Å². The van der Waals surface area contributed by atoms with E-state index in [1.54, 1.807) is 6.07 Å². The van der Waals surface area contributed by atoms with Gasteiger partial charge in [-0.3, -0.25) is 5.73 Å². The normalized spacial score (nSPS) is 12.1. The molecule has 0 fully saturated rings. The van der Waals surface area contributed by atoms with Crippen LogP contribution >= 0.6 is 11.3 Å². The minimum Gasteiger partial charge on any atom is -0.472 e. The summed E-state index contributed by atoms with van der Waals surface area (Å²) in [5, 5.41) is 0.509. The molecule has 0 amide bonds. The van der Waals surface area contributed by atoms with Gasteiger partial charge in [-0.1, -0.05) is 17.9 Å². The molecule has 1 atom stereocenters. The topological polar surface area (TPSA) is 113 Å². The average molecular weight is 263 g/mol. The molecule has 1 aromatic heterocycles. The van der Waals surface area contributed by atoms with Crippen LogP contribution in [0.5, 0.6) is 5.75 Å². The number of benzene rings is 1. The number of aromatic nitrogens is 1. The van der Waals surface area contributed by atoms with Crippen molar-refractivity contribution in [3.05, 3.63) is 30.9 Å². The fourth-order valence-electron chi connectivity index (χ4n) is 1.33. The first-order valence-corrected chi connectivity index (χ1v) is 5.95. The predicted molar refractivity (Wildman–Crippen MR) is 73.9 cm³/mol. The Bertz CT molecular complexity index is 602. The van der Waals surface area contributed by atoms with Crippen LogP contribution in [-0.2, 0) is 0 Å². The summed E-state index contributed by atoms with van der Waals surface area (Å²) in [5.74, 6) is 0.633. The second-order valence-corrected chi connectivity index (χ2v) is 4.49. The standard InChI is InChI=1S/C11H13N5OS/c1-2-9(12)17-6-3-4-7-8(5-6)18-11(15-7)16-10(13)14/h2-5,9H,1,12H2,(H4,13,14,15,16). The minimum absolute atomic E-state index is 0.0146. The highest BCUT2D eigenvalue weighted by Gasteiger charge is 2.06. The van der Waals surface area contributed by atoms with E-state index >= 15 is 0 Å². The summed E-state index contributed by atoms with van der Waals surface area (Å²) in [4.78, 5) is 8.16. The van der Waals surface area contributed by atoms with Gasteiger partial charge in [0.15, 0.2) is 12.2 Å². The van der Waals surface area contributed by atoms with Crippen molar-refractivity contribution in [2.75, 3.05) is 0 Å². The molecule has 0 aliphatic carbocycles. The van der Waals surface area contributed by atoms with Gasteiger partial charge in [0.2, 0.25) is 5.13 Å². The van der Waals surface area contributed by atoms with Crippen LogP contribution in [-0.4, -0.2) is 17.2 Å². The van der Waals surface area contributed by atoms with Crippen molar-refractivity contribution in [2.24, 2.45) is 22.2 Å². The van der Waals surface area contributed by atoms with Gasteiger partial charge >= 0.3 is 0 Å². The third-order valence-corrected chi connectivity index (χ3v) is 2.99. The zero-order valence-corrected chi connectivity index (χ0v) is 10.4. The molecular formula is C11H13N5OS. The van der Waals surface area contributed by atoms with Gasteiger partial charge in [0.25, 0.3) is 0 Å². The van der Waals surface area contributed by atoms with E-state index in [2.05, 4.69) is 16.6 Å². The number of thiazole rings is 1. The summed E-state index contributed by atoms with van der Waals surface area (Å²) in [5.41, 5.74) is 17.0. The summed E-state index contributed by atoms with van der Waals surface area (Å²) in [6, 6.07) is 5.44. The summed E-state index contributed by atoms with van der Waals surface area (Å²) < 4.78 is 6.34. The Morgan fingerprint density at radius 3 is 2.94 bits per heavy atom. The minimum atomic E-state index is -0.535. The zero-order valence-electron chi connectivity index (χ0n) is 9.54. The van der Waals surface area contributed by atoms with Crippen LogP contribution in [0.3, 0.4) is 0 Å². The van der Waals surface area contributed by atoms with Crippen LogP contribution in [0.4, 0.5) is 5.13 Å². The lowest BCUT2D eigenvalue weighted by Crippen LogP contribution is -2.23. The lowest BCUT2D eigenvalue weighted by atomic mass is 10.3. The smallest absolute Gasteiger partial charge is 0.213 e. The number of fused-ring (bicyclic) bond motifs is 1. The van der Waals surface area contributed by atoms with Crippen molar-refractivity contribution in [1.82, 2.24) is 4.98 Å². The highest BCUT2D eigenvalue weighted by molar-refractivity contribution is 7.22. The number of hydrogen-bond acceptors (Lipinski definition) is 5. The second kappa shape index (κ2) is 5.03. The second-order valence-electron chi connectivity index (χ2n) is 3.48. The van der Waals surface area contributed by atoms with Gasteiger partial charge in [0, 0.05) is 0 Å². The molecule has 0 aliphatic rings. The SMILES string of the molecule is C=CC(N)Oc1ccc2nc(N=C(N)N)sc2c1. The molecule has 0 radical (unpaired) electrons. The average Bonchev–Trinajstić information content (AvgIpc) is 2.69. The Kier molecular flexibility index (Phi) is 3.45. The lowest BCUT2D eigenvalue weighted by molar-refractivity contribution is 0.258. The molecule has 0 bridgehead atoms. The van der Waals surface area contributed by atoms with Crippen LogP contribution < -0.4 is 21.9 Å². The van der Waals surface area contributed by atoms with Crippen LogP contribution in [0.25, 0.3) is 10.2 Å². The molecule has 6 N–H and O–H groups in total. The maximum absolute atomic E-state index is 5.61. The first kappa shape index (κ1) is 12.3. The van der Waals surface area contributed by atoms with Gasteiger partial charge in [0.1, 0.15) is 5.75 Å². The monoisotopic (exact) mass is 263 g/mol. The van der Waals surface area contributed by atoms with E-state index in [-0.39, 0.29) is 5.96 Å². The number of nitrogens with zero attached hydrogens (tertiary/aromatic N) is 2. The molecule has 6 nitrogen and oxygen atoms in total. The lowest BCUT2D eigenvalue weighted by Gasteiger charge is -2.09. The molecule has 1 aromatic carbocycles. The molecule has 7 heteroatoms. The van der Waals surface area contributed by atoms with Gasteiger partial charge in [-0.15, -0.1) is 0 Å². The largest absolute Gasteiger partial charge is 0.472 e. The van der Waals surface area contributed by atoms with E-state index in [9.17, 15) is 0 Å². The van der Waals surface area contributed by atoms with E-state index < -0.39 is 6.23 Å². The first-order valence-electron chi connectivity index (χ1n) is 5.13. The Balaban J connectivity index is 2.33. The number of rotatable bonds is 4. The van der Waals surface area contributed by atoms with Gasteiger partial charge < -0.3 is 16.2 Å². The maximum atomic E-state index is 5.61. The number of guanidine groups is 1. The molecule has 0 spiro atoms. The van der Waals surface area contributed by atoms with E-state index in [0.717, 1.165) is 10.2 Å². The van der Waals surface area contributed by atoms with Crippen LogP contribution in [0.2, 0.25) is 0 Å². The molecule has 2 aromatic rings. The van der Waals surface area contributed by atoms with E-state index in [4.69, 9.17) is 21.9 Å². The van der Waals surface area contributed by atoms with Gasteiger partial charge in [0.05, 0.1) is 10.2 Å². The van der Waals surface area contributed by atoms with E-state index in [1.807, 2.05) is 12.1 Å². The third-order valence-electron chi connectivity index (χ3n) is 2.08. The highest BCUT2D eigenvalue weighted by Crippen LogP contribution is 2.30. The summed E-state index contributed by atoms with van der Waals surface area (Å²) in [6.07, 6.45) is 0.981. The Labute approximate surface area is 108 Å². The number of ether oxygens (including phenoxy) is 1. The van der Waals surface area contributed by atoms with Crippen LogP contribution in [0.15, 0.2) is 35.8 Å². The van der Waals surface area contributed by atoms with Crippen molar-refractivity contribution in [1.29, 1.82) is 0 Å². The van der Waals surface area contributed by atoms with Crippen molar-refractivity contribution >= 4 is 32.6 Å². The van der Waals surface area contributed by atoms with Crippen molar-refractivity contribution < 1.29 is 4.74 Å². The Hall–Kier alpha value is -2.12. The zero-order chi connectivity index (χ0) is 13.1. The van der Waals surface area contributed by atoms with Crippen LogP contribution in [0, 0.1) is 0 Å². The number of aliphatic imine (C=N–C) groups is 1. The van der Waals surface area contributed by atoms with E-state index in [1.165, 1.54) is 17.4 Å². The maximum Gasteiger partial charge on any atom is 0.213 e. The van der Waals surface area contributed by atoms with Gasteiger partial charge in [-0.05, 0) is 24.3 Å². The number of nitrogens with two attached hydrogens (primary N) is 3. The molecule has 1 heterocycles. The van der Waals surface area contributed by atoms with Gasteiger partial charge in [-0.2, -0.15) is 4.99 Å². The molecular weight excluding hydrogens is 250 g/mol. The van der Waals surface area contributed by atoms with Gasteiger partial charge in [-0.25, -0.2) is 4.98 Å². The highest BCUT2D eigenvalue weighted by atomic mass is 32.1. The Morgan fingerprint density at radius 2 is 2.28 bits per heavy atom. The van der Waals surface area contributed by atoms with Crippen molar-refractivity contribution in [3.63, 3.8) is 0 Å². The number of hydrogen-bond donors (Lipinski definition) is 3. The molecule has 18 heavy (non-hydrogen) atoms. The fraction of sp³-hybridized carbons (Fsp3) is 0.0909. The molecule has 2 rings (SSSR count).